The lowest BCUT2D eigenvalue weighted by molar-refractivity contribution is -0.0371. The van der Waals surface area contributed by atoms with Crippen molar-refractivity contribution in [3.05, 3.63) is 71.8 Å². The van der Waals surface area contributed by atoms with E-state index in [0.29, 0.717) is 0 Å². The molecule has 4 saturated carbocycles. The van der Waals surface area contributed by atoms with Crippen LogP contribution in [0, 0.1) is 11.8 Å². The van der Waals surface area contributed by atoms with Crippen molar-refractivity contribution in [3.63, 3.8) is 0 Å². The highest BCUT2D eigenvalue weighted by Gasteiger charge is 2.58. The Balaban J connectivity index is 1.47. The molecule has 0 spiro atoms. The topological polar surface area (TPSA) is 29.1 Å². The highest BCUT2D eigenvalue weighted by molar-refractivity contribution is 5.94. The highest BCUT2D eigenvalue weighted by Crippen LogP contribution is 2.62. The van der Waals surface area contributed by atoms with E-state index in [1.807, 2.05) is 30.3 Å². The fraction of sp³-hybridized carbons (Fsp3) is 0.435. The van der Waals surface area contributed by atoms with Gasteiger partial charge in [-0.2, -0.15) is 0 Å². The van der Waals surface area contributed by atoms with Gasteiger partial charge in [-0.05, 0) is 73.5 Å². The van der Waals surface area contributed by atoms with Gasteiger partial charge in [0.25, 0.3) is 5.91 Å². The maximum atomic E-state index is 12.9. The van der Waals surface area contributed by atoms with Crippen molar-refractivity contribution in [2.75, 3.05) is 0 Å². The Morgan fingerprint density at radius 1 is 0.840 bits per heavy atom. The maximum Gasteiger partial charge on any atom is 0.251 e. The van der Waals surface area contributed by atoms with E-state index in [2.05, 4.69) is 35.6 Å². The molecular formula is C23H25NO. The van der Waals surface area contributed by atoms with Gasteiger partial charge in [-0.1, -0.05) is 48.5 Å². The minimum absolute atomic E-state index is 0.00709. The molecule has 4 fully saturated rings. The van der Waals surface area contributed by atoms with Crippen molar-refractivity contribution in [1.82, 2.24) is 5.32 Å². The number of amides is 1. The second kappa shape index (κ2) is 5.45. The summed E-state index contributed by atoms with van der Waals surface area (Å²) in [6.07, 6.45) is 7.40. The van der Waals surface area contributed by atoms with E-state index in [1.54, 1.807) is 0 Å². The van der Waals surface area contributed by atoms with Gasteiger partial charge in [0, 0.05) is 11.1 Å². The van der Waals surface area contributed by atoms with Crippen molar-refractivity contribution in [1.29, 1.82) is 0 Å². The van der Waals surface area contributed by atoms with Crippen molar-refractivity contribution >= 4 is 5.91 Å². The summed E-state index contributed by atoms with van der Waals surface area (Å²) in [5.74, 6) is 1.63. The summed E-state index contributed by atoms with van der Waals surface area (Å²) < 4.78 is 0. The number of rotatable bonds is 3. The summed E-state index contributed by atoms with van der Waals surface area (Å²) in [5.41, 5.74) is 2.54. The molecule has 2 nitrogen and oxygen atoms in total. The van der Waals surface area contributed by atoms with Gasteiger partial charge < -0.3 is 5.32 Å². The van der Waals surface area contributed by atoms with E-state index in [1.165, 1.54) is 24.8 Å². The summed E-state index contributed by atoms with van der Waals surface area (Å²) in [4.78, 5) is 12.9. The highest BCUT2D eigenvalue weighted by atomic mass is 16.1. The maximum absolute atomic E-state index is 12.9. The van der Waals surface area contributed by atoms with Crippen LogP contribution in [0.3, 0.4) is 0 Å². The van der Waals surface area contributed by atoms with E-state index >= 15 is 0 Å². The van der Waals surface area contributed by atoms with Crippen LogP contribution in [0.25, 0.3) is 0 Å². The Morgan fingerprint density at radius 3 is 2.08 bits per heavy atom. The van der Waals surface area contributed by atoms with Crippen molar-refractivity contribution < 1.29 is 4.79 Å². The third-order valence-corrected chi connectivity index (χ3v) is 6.86. The van der Waals surface area contributed by atoms with Crippen LogP contribution >= 0.6 is 0 Å². The fourth-order valence-electron chi connectivity index (χ4n) is 6.44. The van der Waals surface area contributed by atoms with Crippen LogP contribution in [0.4, 0.5) is 0 Å². The molecule has 4 atom stereocenters. The van der Waals surface area contributed by atoms with E-state index in [-0.39, 0.29) is 16.9 Å². The number of carbonyl (C=O) groups is 1. The number of benzene rings is 2. The normalized spacial score (nSPS) is 35.5. The molecule has 2 aromatic rings. The van der Waals surface area contributed by atoms with Crippen molar-refractivity contribution in [3.8, 4) is 0 Å². The molecule has 0 heterocycles. The Morgan fingerprint density at radius 2 is 1.44 bits per heavy atom. The molecule has 4 aliphatic rings. The van der Waals surface area contributed by atoms with E-state index in [4.69, 9.17) is 0 Å². The van der Waals surface area contributed by atoms with Gasteiger partial charge in [0.05, 0.1) is 0 Å². The molecule has 25 heavy (non-hydrogen) atoms. The van der Waals surface area contributed by atoms with Crippen LogP contribution < -0.4 is 5.32 Å². The molecule has 0 aliphatic heterocycles. The lowest BCUT2D eigenvalue weighted by atomic mass is 9.45. The first kappa shape index (κ1) is 15.2. The van der Waals surface area contributed by atoms with Gasteiger partial charge in [0.1, 0.15) is 0 Å². The van der Waals surface area contributed by atoms with Crippen molar-refractivity contribution in [2.24, 2.45) is 11.8 Å². The SMILES string of the molecule is O=C(NC12C[C@H]3C[C@@H](C1)CC(c1ccccc1)(C3)C2)c1ccccc1. The Hall–Kier alpha value is -2.09. The zero-order valence-corrected chi connectivity index (χ0v) is 14.6. The lowest BCUT2D eigenvalue weighted by Crippen LogP contribution is -2.64. The summed E-state index contributed by atoms with van der Waals surface area (Å²) in [5, 5.41) is 3.50. The van der Waals surface area contributed by atoms with Gasteiger partial charge in [0.15, 0.2) is 0 Å². The molecule has 0 radical (unpaired) electrons. The first-order valence-corrected chi connectivity index (χ1v) is 9.60. The average Bonchev–Trinajstić information content (AvgIpc) is 2.62. The molecule has 6 rings (SSSR count). The summed E-state index contributed by atoms with van der Waals surface area (Å²) in [7, 11) is 0. The third kappa shape index (κ3) is 2.50. The second-order valence-corrected chi connectivity index (χ2v) is 8.71. The minimum Gasteiger partial charge on any atom is -0.347 e. The van der Waals surface area contributed by atoms with Gasteiger partial charge in [-0.25, -0.2) is 0 Å². The predicted molar refractivity (Wildman–Crippen MR) is 99.4 cm³/mol. The molecule has 2 unspecified atom stereocenters. The molecule has 1 N–H and O–H groups in total. The average molecular weight is 331 g/mol. The largest absolute Gasteiger partial charge is 0.347 e. The molecule has 0 saturated heterocycles. The molecule has 1 amide bonds. The first-order valence-electron chi connectivity index (χ1n) is 9.60. The summed E-state index contributed by atoms with van der Waals surface area (Å²) in [6, 6.07) is 20.8. The summed E-state index contributed by atoms with van der Waals surface area (Å²) >= 11 is 0. The standard InChI is InChI=1S/C23H25NO/c25-21(19-7-3-1-4-8-19)24-23-14-17-11-18(15-23)13-22(12-17,16-23)20-9-5-2-6-10-20/h1-10,17-18H,11-16H2,(H,24,25)/t17-,18+,22?,23?. The zero-order valence-electron chi connectivity index (χ0n) is 14.6. The quantitative estimate of drug-likeness (QED) is 0.867. The molecule has 2 aromatic carbocycles. The number of nitrogens with one attached hydrogen (secondary N) is 1. The molecule has 4 bridgehead atoms. The van der Waals surface area contributed by atoms with E-state index in [0.717, 1.165) is 36.7 Å². The molecule has 0 aromatic heterocycles. The molecule has 2 heteroatoms. The molecular weight excluding hydrogens is 306 g/mol. The Bertz CT molecular complexity index is 768. The first-order chi connectivity index (χ1) is 12.2. The molecule has 128 valence electrons. The van der Waals surface area contributed by atoms with Crippen LogP contribution in [-0.4, -0.2) is 11.4 Å². The van der Waals surface area contributed by atoms with E-state index < -0.39 is 0 Å². The zero-order chi connectivity index (χ0) is 16.9. The van der Waals surface area contributed by atoms with Gasteiger partial charge in [-0.15, -0.1) is 0 Å². The monoisotopic (exact) mass is 331 g/mol. The van der Waals surface area contributed by atoms with Gasteiger partial charge in [-0.3, -0.25) is 4.79 Å². The van der Waals surface area contributed by atoms with Crippen molar-refractivity contribution in [2.45, 2.75) is 49.5 Å². The van der Waals surface area contributed by atoms with Crippen LogP contribution in [0.1, 0.15) is 54.4 Å². The number of hydrogen-bond donors (Lipinski definition) is 1. The smallest absolute Gasteiger partial charge is 0.251 e. The minimum atomic E-state index is -0.00709. The van der Waals surface area contributed by atoms with Crippen LogP contribution in [-0.2, 0) is 5.41 Å². The van der Waals surface area contributed by atoms with Crippen LogP contribution in [0.2, 0.25) is 0 Å². The Kier molecular flexibility index (Phi) is 3.31. The lowest BCUT2D eigenvalue weighted by Gasteiger charge is -2.62. The fourth-order valence-corrected chi connectivity index (χ4v) is 6.44. The summed E-state index contributed by atoms with van der Waals surface area (Å²) in [6.45, 7) is 0. The third-order valence-electron chi connectivity index (χ3n) is 6.86. The number of carbonyl (C=O) groups excluding carboxylic acids is 1. The van der Waals surface area contributed by atoms with Gasteiger partial charge in [0.2, 0.25) is 0 Å². The van der Waals surface area contributed by atoms with Gasteiger partial charge >= 0.3 is 0 Å². The van der Waals surface area contributed by atoms with Crippen LogP contribution in [0.5, 0.6) is 0 Å². The van der Waals surface area contributed by atoms with E-state index in [9.17, 15) is 4.79 Å². The second-order valence-electron chi connectivity index (χ2n) is 8.71. The predicted octanol–water partition coefficient (Wildman–Crippen LogP) is 4.71. The molecule has 4 aliphatic carbocycles. The van der Waals surface area contributed by atoms with Crippen LogP contribution in [0.15, 0.2) is 60.7 Å². The number of hydrogen-bond acceptors (Lipinski definition) is 1. The Labute approximate surface area is 149 Å².